The highest BCUT2D eigenvalue weighted by Crippen LogP contribution is 2.15. The first-order valence-corrected chi connectivity index (χ1v) is 7.09. The summed E-state index contributed by atoms with van der Waals surface area (Å²) in [5.74, 6) is -0.966. The van der Waals surface area contributed by atoms with Crippen molar-refractivity contribution >= 4 is 17.6 Å². The number of hydrogen-bond acceptors (Lipinski definition) is 4. The van der Waals surface area contributed by atoms with Crippen molar-refractivity contribution in [1.82, 2.24) is 15.6 Å². The van der Waals surface area contributed by atoms with Gasteiger partial charge in [0.05, 0.1) is 11.8 Å². The third-order valence-corrected chi connectivity index (χ3v) is 3.23. The van der Waals surface area contributed by atoms with Crippen LogP contribution in [-0.4, -0.2) is 35.9 Å². The molecule has 1 atom stereocenters. The van der Waals surface area contributed by atoms with E-state index in [9.17, 15) is 14.0 Å². The SMILES string of the molecule is CCCNc1ncc(F)cc1C(=O)NC1CCCNC1=O. The fourth-order valence-electron chi connectivity index (χ4n) is 2.14. The number of halogens is 1. The lowest BCUT2D eigenvalue weighted by Gasteiger charge is -2.23. The summed E-state index contributed by atoms with van der Waals surface area (Å²) in [5.41, 5.74) is 0.113. The lowest BCUT2D eigenvalue weighted by molar-refractivity contribution is -0.124. The maximum Gasteiger partial charge on any atom is 0.255 e. The number of piperidine rings is 1. The van der Waals surface area contributed by atoms with Crippen molar-refractivity contribution in [2.75, 3.05) is 18.4 Å². The summed E-state index contributed by atoms with van der Waals surface area (Å²) in [4.78, 5) is 27.8. The van der Waals surface area contributed by atoms with Crippen LogP contribution < -0.4 is 16.0 Å². The second kappa shape index (κ2) is 7.01. The Morgan fingerprint density at radius 3 is 3.10 bits per heavy atom. The van der Waals surface area contributed by atoms with Gasteiger partial charge in [-0.2, -0.15) is 0 Å². The van der Waals surface area contributed by atoms with Gasteiger partial charge in [0, 0.05) is 13.1 Å². The van der Waals surface area contributed by atoms with E-state index < -0.39 is 17.8 Å². The fraction of sp³-hybridized carbons (Fsp3) is 0.500. The molecule has 0 bridgehead atoms. The normalized spacial score (nSPS) is 18.0. The molecule has 2 rings (SSSR count). The van der Waals surface area contributed by atoms with E-state index in [0.717, 1.165) is 25.1 Å². The number of carbonyl (C=O) groups excluding carboxylic acids is 2. The van der Waals surface area contributed by atoms with E-state index in [1.807, 2.05) is 6.92 Å². The third-order valence-electron chi connectivity index (χ3n) is 3.23. The van der Waals surface area contributed by atoms with Crippen LogP contribution in [-0.2, 0) is 4.79 Å². The number of aromatic nitrogens is 1. The van der Waals surface area contributed by atoms with Crippen molar-refractivity contribution in [3.8, 4) is 0 Å². The number of anilines is 1. The van der Waals surface area contributed by atoms with Gasteiger partial charge < -0.3 is 16.0 Å². The van der Waals surface area contributed by atoms with Crippen LogP contribution in [0.3, 0.4) is 0 Å². The molecule has 0 radical (unpaired) electrons. The molecule has 0 aliphatic carbocycles. The molecule has 7 heteroatoms. The minimum atomic E-state index is -0.588. The van der Waals surface area contributed by atoms with Gasteiger partial charge in [0.2, 0.25) is 5.91 Å². The molecule has 1 aliphatic rings. The summed E-state index contributed by atoms with van der Waals surface area (Å²) in [7, 11) is 0. The molecule has 6 nitrogen and oxygen atoms in total. The number of hydrogen-bond donors (Lipinski definition) is 3. The molecule has 1 aromatic heterocycles. The zero-order valence-corrected chi connectivity index (χ0v) is 11.9. The Balaban J connectivity index is 2.13. The number of amides is 2. The van der Waals surface area contributed by atoms with Gasteiger partial charge in [-0.25, -0.2) is 9.37 Å². The lowest BCUT2D eigenvalue weighted by atomic mass is 10.1. The fourth-order valence-corrected chi connectivity index (χ4v) is 2.14. The van der Waals surface area contributed by atoms with Crippen LogP contribution in [0.5, 0.6) is 0 Å². The van der Waals surface area contributed by atoms with Crippen LogP contribution in [0.4, 0.5) is 10.2 Å². The molecule has 1 fully saturated rings. The molecule has 21 heavy (non-hydrogen) atoms. The van der Waals surface area contributed by atoms with Gasteiger partial charge >= 0.3 is 0 Å². The molecular formula is C14H19FN4O2. The van der Waals surface area contributed by atoms with E-state index in [4.69, 9.17) is 0 Å². The summed E-state index contributed by atoms with van der Waals surface area (Å²) >= 11 is 0. The second-order valence-corrected chi connectivity index (χ2v) is 4.94. The Kier molecular flexibility index (Phi) is 5.08. The maximum absolute atomic E-state index is 13.3. The van der Waals surface area contributed by atoms with Crippen LogP contribution in [0.1, 0.15) is 36.5 Å². The van der Waals surface area contributed by atoms with E-state index in [2.05, 4.69) is 20.9 Å². The molecule has 114 valence electrons. The van der Waals surface area contributed by atoms with Crippen molar-refractivity contribution in [1.29, 1.82) is 0 Å². The van der Waals surface area contributed by atoms with Crippen molar-refractivity contribution in [2.45, 2.75) is 32.2 Å². The highest BCUT2D eigenvalue weighted by Gasteiger charge is 2.25. The predicted octanol–water partition coefficient (Wildman–Crippen LogP) is 1.05. The molecule has 0 spiro atoms. The summed E-state index contributed by atoms with van der Waals surface area (Å²) in [6.07, 6.45) is 3.30. The molecule has 2 amide bonds. The highest BCUT2D eigenvalue weighted by molar-refractivity contribution is 6.01. The number of carbonyl (C=O) groups is 2. The highest BCUT2D eigenvalue weighted by atomic mass is 19.1. The molecule has 3 N–H and O–H groups in total. The van der Waals surface area contributed by atoms with Crippen LogP contribution in [0, 0.1) is 5.82 Å². The van der Waals surface area contributed by atoms with E-state index in [1.165, 1.54) is 0 Å². The largest absolute Gasteiger partial charge is 0.369 e. The van der Waals surface area contributed by atoms with Crippen molar-refractivity contribution in [3.63, 3.8) is 0 Å². The van der Waals surface area contributed by atoms with Crippen LogP contribution in [0.15, 0.2) is 12.3 Å². The summed E-state index contributed by atoms with van der Waals surface area (Å²) in [6, 6.07) is 0.551. The van der Waals surface area contributed by atoms with Gasteiger partial charge in [-0.3, -0.25) is 9.59 Å². The zero-order chi connectivity index (χ0) is 15.2. The number of rotatable bonds is 5. The van der Waals surface area contributed by atoms with Crippen molar-refractivity contribution in [3.05, 3.63) is 23.6 Å². The summed E-state index contributed by atoms with van der Waals surface area (Å²) in [5, 5.41) is 8.30. The molecule has 1 aromatic rings. The summed E-state index contributed by atoms with van der Waals surface area (Å²) < 4.78 is 13.3. The average molecular weight is 294 g/mol. The first-order chi connectivity index (χ1) is 10.1. The lowest BCUT2D eigenvalue weighted by Crippen LogP contribution is -2.50. The molecule has 0 saturated carbocycles. The van der Waals surface area contributed by atoms with Gasteiger partial charge in [0.15, 0.2) is 0 Å². The van der Waals surface area contributed by atoms with E-state index >= 15 is 0 Å². The van der Waals surface area contributed by atoms with Gasteiger partial charge in [-0.05, 0) is 25.3 Å². The summed E-state index contributed by atoms with van der Waals surface area (Å²) in [6.45, 7) is 3.22. The average Bonchev–Trinajstić information content (AvgIpc) is 2.48. The Hall–Kier alpha value is -2.18. The van der Waals surface area contributed by atoms with Crippen LogP contribution in [0.25, 0.3) is 0 Å². The first-order valence-electron chi connectivity index (χ1n) is 7.09. The first kappa shape index (κ1) is 15.2. The third kappa shape index (κ3) is 3.90. The van der Waals surface area contributed by atoms with Crippen molar-refractivity contribution in [2.24, 2.45) is 0 Å². The number of pyridine rings is 1. The van der Waals surface area contributed by atoms with Gasteiger partial charge in [-0.1, -0.05) is 6.92 Å². The monoisotopic (exact) mass is 294 g/mol. The molecule has 1 unspecified atom stereocenters. The van der Waals surface area contributed by atoms with E-state index in [0.29, 0.717) is 25.3 Å². The van der Waals surface area contributed by atoms with E-state index in [1.54, 1.807) is 0 Å². The minimum absolute atomic E-state index is 0.113. The molecular weight excluding hydrogens is 275 g/mol. The smallest absolute Gasteiger partial charge is 0.255 e. The standard InChI is InChI=1S/C14H19FN4O2/c1-2-5-16-12-10(7-9(15)8-18-12)13(20)19-11-4-3-6-17-14(11)21/h7-8,11H,2-6H2,1H3,(H,16,18)(H,17,21)(H,19,20). The molecule has 1 aliphatic heterocycles. The molecule has 2 heterocycles. The number of nitrogens with one attached hydrogen (secondary N) is 3. The maximum atomic E-state index is 13.3. The Morgan fingerprint density at radius 2 is 2.38 bits per heavy atom. The topological polar surface area (TPSA) is 83.1 Å². The zero-order valence-electron chi connectivity index (χ0n) is 11.9. The van der Waals surface area contributed by atoms with Gasteiger partial charge in [0.1, 0.15) is 17.7 Å². The van der Waals surface area contributed by atoms with Crippen LogP contribution >= 0.6 is 0 Å². The van der Waals surface area contributed by atoms with Crippen molar-refractivity contribution < 1.29 is 14.0 Å². The van der Waals surface area contributed by atoms with Gasteiger partial charge in [0.25, 0.3) is 5.91 Å². The number of nitrogens with zero attached hydrogens (tertiary/aromatic N) is 1. The Morgan fingerprint density at radius 1 is 1.57 bits per heavy atom. The Bertz CT molecular complexity index is 536. The minimum Gasteiger partial charge on any atom is -0.369 e. The molecule has 1 saturated heterocycles. The van der Waals surface area contributed by atoms with Gasteiger partial charge in [-0.15, -0.1) is 0 Å². The van der Waals surface area contributed by atoms with E-state index in [-0.39, 0.29) is 11.5 Å². The van der Waals surface area contributed by atoms with Crippen LogP contribution in [0.2, 0.25) is 0 Å². The molecule has 0 aromatic carbocycles. The predicted molar refractivity (Wildman–Crippen MR) is 76.5 cm³/mol. The Labute approximate surface area is 122 Å². The quantitative estimate of drug-likeness (QED) is 0.758. The second-order valence-electron chi connectivity index (χ2n) is 4.94.